The fourth-order valence-corrected chi connectivity index (χ4v) is 2.20. The van der Waals surface area contributed by atoms with Gasteiger partial charge in [-0.3, -0.25) is 0 Å². The molecule has 0 aromatic heterocycles. The zero-order valence-corrected chi connectivity index (χ0v) is 10.2. The van der Waals surface area contributed by atoms with E-state index >= 15 is 0 Å². The van der Waals surface area contributed by atoms with Crippen LogP contribution in [0.2, 0.25) is 0 Å². The van der Waals surface area contributed by atoms with Crippen LogP contribution in [0.1, 0.15) is 11.1 Å². The van der Waals surface area contributed by atoms with Gasteiger partial charge in [0.25, 0.3) is 0 Å². The van der Waals surface area contributed by atoms with Gasteiger partial charge in [-0.2, -0.15) is 0 Å². The number of anilines is 4. The molecule has 0 amide bonds. The summed E-state index contributed by atoms with van der Waals surface area (Å²) < 4.78 is 0. The molecule has 2 aromatic carbocycles. The Balaban J connectivity index is 2.24. The lowest BCUT2D eigenvalue weighted by Gasteiger charge is -2.46. The molecule has 0 saturated carbocycles. The Hall–Kier alpha value is -2.04. The Bertz CT molecular complexity index is 570. The highest BCUT2D eigenvalue weighted by atomic mass is 16.5. The predicted octanol–water partition coefficient (Wildman–Crippen LogP) is 3.89. The van der Waals surface area contributed by atoms with E-state index in [1.807, 2.05) is 26.0 Å². The van der Waals surface area contributed by atoms with E-state index in [-0.39, 0.29) is 0 Å². The van der Waals surface area contributed by atoms with Crippen molar-refractivity contribution in [1.29, 1.82) is 0 Å². The minimum atomic E-state index is 0.397. The third kappa shape index (κ3) is 1.47. The summed E-state index contributed by atoms with van der Waals surface area (Å²) in [5, 5.41) is 26.2. The molecule has 0 saturated heterocycles. The summed E-state index contributed by atoms with van der Waals surface area (Å²) in [6, 6.07) is 10.5. The van der Waals surface area contributed by atoms with Gasteiger partial charge in [0.15, 0.2) is 0 Å². The van der Waals surface area contributed by atoms with Gasteiger partial charge >= 0.3 is 0 Å². The van der Waals surface area contributed by atoms with Gasteiger partial charge in [-0.25, -0.2) is 0 Å². The number of aryl methyl sites for hydroxylation is 2. The van der Waals surface area contributed by atoms with Gasteiger partial charge in [0.05, 0.1) is 22.7 Å². The quantitative estimate of drug-likeness (QED) is 0.701. The van der Waals surface area contributed by atoms with E-state index in [1.165, 1.54) is 0 Å². The van der Waals surface area contributed by atoms with Crippen LogP contribution in [0.25, 0.3) is 0 Å². The van der Waals surface area contributed by atoms with Crippen LogP contribution in [0.5, 0.6) is 0 Å². The second-order valence-electron chi connectivity index (χ2n) is 4.57. The molecule has 2 aromatic rings. The molecule has 0 unspecified atom stereocenters. The van der Waals surface area contributed by atoms with Crippen molar-refractivity contribution in [1.82, 2.24) is 0 Å². The van der Waals surface area contributed by atoms with Gasteiger partial charge in [0, 0.05) is 0 Å². The zero-order chi connectivity index (χ0) is 12.9. The van der Waals surface area contributed by atoms with Crippen LogP contribution in [0.4, 0.5) is 22.7 Å². The number of benzene rings is 2. The van der Waals surface area contributed by atoms with E-state index in [0.717, 1.165) is 21.3 Å². The summed E-state index contributed by atoms with van der Waals surface area (Å²) in [6.45, 7) is 3.79. The molecule has 0 N–H and O–H groups in total. The summed E-state index contributed by atoms with van der Waals surface area (Å²) in [5.41, 5.74) is 3.52. The summed E-state index contributed by atoms with van der Waals surface area (Å²) >= 11 is 0. The molecule has 3 rings (SSSR count). The third-order valence-corrected chi connectivity index (χ3v) is 3.14. The molecule has 0 fully saturated rings. The van der Waals surface area contributed by atoms with E-state index < -0.39 is 0 Å². The van der Waals surface area contributed by atoms with E-state index in [0.29, 0.717) is 22.7 Å². The number of fused-ring (bicyclic) bond motifs is 2. The highest BCUT2D eigenvalue weighted by Gasteiger charge is 2.18. The van der Waals surface area contributed by atoms with Crippen molar-refractivity contribution in [3.63, 3.8) is 0 Å². The minimum Gasteiger partial charge on any atom is -0.754 e. The molecule has 0 bridgehead atoms. The Morgan fingerprint density at radius 1 is 0.667 bits per heavy atom. The molecule has 18 heavy (non-hydrogen) atoms. The molecule has 92 valence electrons. The standard InChI is InChI=1S/C14H12N2O2/c1-9-3-5-11-13(7-9)15(17)12-6-4-10(2)8-14(12)16(11)18/h3-8H,1-2H3/q-2. The number of hydrogen-bond donors (Lipinski definition) is 0. The lowest BCUT2D eigenvalue weighted by atomic mass is 10.1. The van der Waals surface area contributed by atoms with E-state index in [1.54, 1.807) is 24.3 Å². The molecule has 4 heteroatoms. The number of nitrogens with zero attached hydrogens (tertiary/aromatic N) is 2. The van der Waals surface area contributed by atoms with Gasteiger partial charge in [0.1, 0.15) is 0 Å². The van der Waals surface area contributed by atoms with Crippen molar-refractivity contribution in [2.45, 2.75) is 13.8 Å². The average Bonchev–Trinajstić information content (AvgIpc) is 2.36. The molecular formula is C14H12N2O2-2. The van der Waals surface area contributed by atoms with E-state index in [2.05, 4.69) is 0 Å². The summed E-state index contributed by atoms with van der Waals surface area (Å²) in [7, 11) is 0. The summed E-state index contributed by atoms with van der Waals surface area (Å²) in [5.74, 6) is 0. The minimum absolute atomic E-state index is 0.397. The lowest BCUT2D eigenvalue weighted by Crippen LogP contribution is -2.22. The van der Waals surface area contributed by atoms with Crippen LogP contribution in [-0.2, 0) is 0 Å². The SMILES string of the molecule is Cc1ccc2c(c1)N([O-])c1ccc(C)cc1N2[O-]. The van der Waals surface area contributed by atoms with Crippen molar-refractivity contribution in [3.8, 4) is 0 Å². The monoisotopic (exact) mass is 240 g/mol. The van der Waals surface area contributed by atoms with Crippen molar-refractivity contribution >= 4 is 22.7 Å². The highest BCUT2D eigenvalue weighted by Crippen LogP contribution is 2.47. The average molecular weight is 240 g/mol. The largest absolute Gasteiger partial charge is 0.754 e. The van der Waals surface area contributed by atoms with Crippen LogP contribution < -0.4 is 10.1 Å². The topological polar surface area (TPSA) is 52.6 Å². The third-order valence-electron chi connectivity index (χ3n) is 3.14. The first kappa shape index (κ1) is 11.1. The van der Waals surface area contributed by atoms with Crippen molar-refractivity contribution in [3.05, 3.63) is 57.9 Å². The summed E-state index contributed by atoms with van der Waals surface area (Å²) in [4.78, 5) is 0. The van der Waals surface area contributed by atoms with E-state index in [9.17, 15) is 10.4 Å². The molecule has 0 atom stereocenters. The van der Waals surface area contributed by atoms with Crippen LogP contribution >= 0.6 is 0 Å². The number of rotatable bonds is 0. The zero-order valence-electron chi connectivity index (χ0n) is 10.2. The normalized spacial score (nSPS) is 13.3. The molecule has 1 heterocycles. The fraction of sp³-hybridized carbons (Fsp3) is 0.143. The van der Waals surface area contributed by atoms with Gasteiger partial charge in [-0.05, 0) is 49.2 Å². The van der Waals surface area contributed by atoms with Crippen LogP contribution in [0.3, 0.4) is 0 Å². The van der Waals surface area contributed by atoms with Crippen molar-refractivity contribution in [2.75, 3.05) is 10.1 Å². The first-order chi connectivity index (χ1) is 8.58. The maximum atomic E-state index is 12.3. The van der Waals surface area contributed by atoms with Gasteiger partial charge < -0.3 is 20.5 Å². The van der Waals surface area contributed by atoms with Crippen LogP contribution in [0.15, 0.2) is 36.4 Å². The Morgan fingerprint density at radius 3 is 1.44 bits per heavy atom. The predicted molar refractivity (Wildman–Crippen MR) is 73.4 cm³/mol. The van der Waals surface area contributed by atoms with Gasteiger partial charge in [0.2, 0.25) is 0 Å². The Morgan fingerprint density at radius 2 is 1.06 bits per heavy atom. The second kappa shape index (κ2) is 3.73. The molecule has 0 spiro atoms. The Labute approximate surface area is 105 Å². The van der Waals surface area contributed by atoms with Crippen LogP contribution in [-0.4, -0.2) is 0 Å². The molecule has 4 nitrogen and oxygen atoms in total. The second-order valence-corrected chi connectivity index (χ2v) is 4.57. The van der Waals surface area contributed by atoms with Gasteiger partial charge in [-0.1, -0.05) is 12.1 Å². The van der Waals surface area contributed by atoms with Crippen LogP contribution in [0, 0.1) is 24.3 Å². The summed E-state index contributed by atoms with van der Waals surface area (Å²) in [6.07, 6.45) is 0. The Kier molecular flexibility index (Phi) is 2.29. The molecule has 0 radical (unpaired) electrons. The fourth-order valence-electron chi connectivity index (χ4n) is 2.20. The van der Waals surface area contributed by atoms with E-state index in [4.69, 9.17) is 0 Å². The smallest absolute Gasteiger partial charge is 0.0540 e. The highest BCUT2D eigenvalue weighted by molar-refractivity contribution is 5.94. The maximum Gasteiger partial charge on any atom is 0.0540 e. The van der Waals surface area contributed by atoms with Crippen molar-refractivity contribution in [2.24, 2.45) is 0 Å². The first-order valence-corrected chi connectivity index (χ1v) is 5.74. The molecule has 0 aliphatic carbocycles. The maximum absolute atomic E-state index is 12.3. The number of hydrogen-bond acceptors (Lipinski definition) is 4. The molecule has 1 aliphatic rings. The molecular weight excluding hydrogens is 228 g/mol. The van der Waals surface area contributed by atoms with Crippen molar-refractivity contribution < 1.29 is 0 Å². The van der Waals surface area contributed by atoms with Gasteiger partial charge in [-0.15, -0.1) is 0 Å². The lowest BCUT2D eigenvalue weighted by molar-refractivity contribution is 1.16. The first-order valence-electron chi connectivity index (χ1n) is 5.74. The molecule has 1 aliphatic heterocycles.